The van der Waals surface area contributed by atoms with E-state index in [0.29, 0.717) is 29.8 Å². The van der Waals surface area contributed by atoms with Crippen molar-refractivity contribution in [2.75, 3.05) is 19.0 Å². The molecule has 116 valence electrons. The maximum Gasteiger partial charge on any atom is 0.134 e. The molecule has 0 aliphatic carbocycles. The van der Waals surface area contributed by atoms with Gasteiger partial charge in [-0.05, 0) is 18.2 Å². The smallest absolute Gasteiger partial charge is 0.134 e. The van der Waals surface area contributed by atoms with Crippen molar-refractivity contribution in [1.29, 1.82) is 5.26 Å². The fourth-order valence-electron chi connectivity index (χ4n) is 2.49. The molecule has 7 heteroatoms. The molecule has 3 aromatic rings. The molecule has 6 nitrogen and oxygen atoms in total. The summed E-state index contributed by atoms with van der Waals surface area (Å²) in [7, 11) is 1.62. The van der Waals surface area contributed by atoms with Crippen LogP contribution in [0.2, 0.25) is 5.15 Å². The molecule has 1 aromatic carbocycles. The van der Waals surface area contributed by atoms with Gasteiger partial charge in [0.1, 0.15) is 34.8 Å². The van der Waals surface area contributed by atoms with Crippen LogP contribution < -0.4 is 10.1 Å². The lowest BCUT2D eigenvalue weighted by molar-refractivity contribution is 0.420. The number of benzene rings is 1. The van der Waals surface area contributed by atoms with Crippen molar-refractivity contribution in [1.82, 2.24) is 14.5 Å². The van der Waals surface area contributed by atoms with Crippen LogP contribution >= 0.6 is 11.6 Å². The van der Waals surface area contributed by atoms with Crippen LogP contribution in [-0.4, -0.2) is 28.2 Å². The Kier molecular flexibility index (Phi) is 4.31. The molecule has 0 radical (unpaired) electrons. The molecule has 0 fully saturated rings. The number of hydrogen-bond acceptors (Lipinski definition) is 5. The highest BCUT2D eigenvalue weighted by Crippen LogP contribution is 2.28. The molecule has 0 saturated carbocycles. The van der Waals surface area contributed by atoms with Crippen molar-refractivity contribution in [3.8, 4) is 11.8 Å². The molecular weight excluding hydrogens is 314 g/mol. The predicted octanol–water partition coefficient (Wildman–Crippen LogP) is 3.08. The van der Waals surface area contributed by atoms with Gasteiger partial charge in [0.25, 0.3) is 0 Å². The molecule has 0 unspecified atom stereocenters. The molecule has 0 saturated heterocycles. The van der Waals surface area contributed by atoms with Gasteiger partial charge in [-0.2, -0.15) is 5.26 Å². The third-order valence-electron chi connectivity index (χ3n) is 3.52. The average Bonchev–Trinajstić information content (AvgIpc) is 2.93. The molecule has 0 atom stereocenters. The zero-order chi connectivity index (χ0) is 16.2. The number of anilines is 1. The van der Waals surface area contributed by atoms with Gasteiger partial charge >= 0.3 is 0 Å². The van der Waals surface area contributed by atoms with Crippen molar-refractivity contribution in [2.24, 2.45) is 0 Å². The number of ether oxygens (including phenoxy) is 1. The average molecular weight is 328 g/mol. The van der Waals surface area contributed by atoms with Crippen molar-refractivity contribution in [2.45, 2.75) is 6.54 Å². The number of methoxy groups -OCH3 is 1. The molecule has 23 heavy (non-hydrogen) atoms. The number of nitrogens with zero attached hydrogens (tertiary/aromatic N) is 4. The van der Waals surface area contributed by atoms with E-state index in [1.165, 1.54) is 6.33 Å². The van der Waals surface area contributed by atoms with E-state index in [0.717, 1.165) is 16.7 Å². The maximum atomic E-state index is 9.37. The number of rotatable bonds is 5. The van der Waals surface area contributed by atoms with Crippen LogP contribution in [0.3, 0.4) is 0 Å². The van der Waals surface area contributed by atoms with Gasteiger partial charge < -0.3 is 14.6 Å². The molecule has 2 aromatic heterocycles. The standard InChI is InChI=1S/C16H14ClN5O/c1-23-14-4-2-3-13-12(14)7-11(9-18)22(13)6-5-19-16-8-15(17)20-10-21-16/h2-4,7-8,10H,5-6H2,1H3,(H,19,20,21). The van der Waals surface area contributed by atoms with Crippen molar-refractivity contribution >= 4 is 28.3 Å². The Balaban J connectivity index is 1.84. The van der Waals surface area contributed by atoms with Gasteiger partial charge in [-0.25, -0.2) is 9.97 Å². The largest absolute Gasteiger partial charge is 0.496 e. The van der Waals surface area contributed by atoms with Gasteiger partial charge in [-0.15, -0.1) is 0 Å². The summed E-state index contributed by atoms with van der Waals surface area (Å²) in [6.45, 7) is 1.21. The topological polar surface area (TPSA) is 75.8 Å². The molecule has 1 N–H and O–H groups in total. The van der Waals surface area contributed by atoms with Crippen LogP contribution in [0, 0.1) is 11.3 Å². The molecular formula is C16H14ClN5O. The Morgan fingerprint density at radius 1 is 1.35 bits per heavy atom. The first-order valence-electron chi connectivity index (χ1n) is 7.00. The minimum Gasteiger partial charge on any atom is -0.496 e. The Morgan fingerprint density at radius 3 is 2.96 bits per heavy atom. The fourth-order valence-corrected chi connectivity index (χ4v) is 2.64. The number of halogens is 1. The quantitative estimate of drug-likeness (QED) is 0.729. The molecule has 0 spiro atoms. The van der Waals surface area contributed by atoms with Crippen molar-refractivity contribution in [3.63, 3.8) is 0 Å². The van der Waals surface area contributed by atoms with Crippen LogP contribution in [0.1, 0.15) is 5.69 Å². The van der Waals surface area contributed by atoms with Gasteiger partial charge in [0.2, 0.25) is 0 Å². The third-order valence-corrected chi connectivity index (χ3v) is 3.72. The summed E-state index contributed by atoms with van der Waals surface area (Å²) in [4.78, 5) is 7.93. The summed E-state index contributed by atoms with van der Waals surface area (Å²) in [5.41, 5.74) is 1.55. The van der Waals surface area contributed by atoms with E-state index in [2.05, 4.69) is 21.4 Å². The van der Waals surface area contributed by atoms with Gasteiger partial charge in [0.15, 0.2) is 0 Å². The summed E-state index contributed by atoms with van der Waals surface area (Å²) in [5, 5.41) is 13.8. The zero-order valence-corrected chi connectivity index (χ0v) is 13.2. The number of nitrogens with one attached hydrogen (secondary N) is 1. The second-order valence-electron chi connectivity index (χ2n) is 4.84. The molecule has 0 bridgehead atoms. The SMILES string of the molecule is COc1cccc2c1cc(C#N)n2CCNc1cc(Cl)ncn1. The zero-order valence-electron chi connectivity index (χ0n) is 12.5. The minimum atomic E-state index is 0.386. The lowest BCUT2D eigenvalue weighted by Crippen LogP contribution is -2.12. The van der Waals surface area contributed by atoms with Gasteiger partial charge in [-0.1, -0.05) is 17.7 Å². The first-order valence-corrected chi connectivity index (χ1v) is 7.38. The van der Waals surface area contributed by atoms with E-state index in [1.807, 2.05) is 28.8 Å². The maximum absolute atomic E-state index is 9.37. The highest BCUT2D eigenvalue weighted by atomic mass is 35.5. The Morgan fingerprint density at radius 2 is 2.22 bits per heavy atom. The van der Waals surface area contributed by atoms with E-state index < -0.39 is 0 Å². The highest BCUT2D eigenvalue weighted by molar-refractivity contribution is 6.29. The van der Waals surface area contributed by atoms with E-state index >= 15 is 0 Å². The van der Waals surface area contributed by atoms with Crippen molar-refractivity contribution < 1.29 is 4.74 Å². The van der Waals surface area contributed by atoms with E-state index in [4.69, 9.17) is 16.3 Å². The number of hydrogen-bond donors (Lipinski definition) is 1. The number of aromatic nitrogens is 3. The summed E-state index contributed by atoms with van der Waals surface area (Å²) in [6.07, 6.45) is 1.40. The highest BCUT2D eigenvalue weighted by Gasteiger charge is 2.11. The fraction of sp³-hybridized carbons (Fsp3) is 0.188. The van der Waals surface area contributed by atoms with Crippen LogP contribution in [0.15, 0.2) is 36.7 Å². The monoisotopic (exact) mass is 327 g/mol. The van der Waals surface area contributed by atoms with Crippen LogP contribution in [0.4, 0.5) is 5.82 Å². The van der Waals surface area contributed by atoms with Crippen LogP contribution in [-0.2, 0) is 6.54 Å². The first kappa shape index (κ1) is 15.1. The summed E-state index contributed by atoms with van der Waals surface area (Å²) in [5.74, 6) is 1.41. The number of nitriles is 1. The van der Waals surface area contributed by atoms with Crippen molar-refractivity contribution in [3.05, 3.63) is 47.5 Å². The van der Waals surface area contributed by atoms with Crippen LogP contribution in [0.25, 0.3) is 10.9 Å². The van der Waals surface area contributed by atoms with Gasteiger partial charge in [0, 0.05) is 24.5 Å². The van der Waals surface area contributed by atoms with E-state index in [-0.39, 0.29) is 0 Å². The second-order valence-corrected chi connectivity index (χ2v) is 5.23. The lowest BCUT2D eigenvalue weighted by atomic mass is 10.2. The molecule has 0 aliphatic rings. The molecule has 2 heterocycles. The lowest BCUT2D eigenvalue weighted by Gasteiger charge is -2.09. The number of fused-ring (bicyclic) bond motifs is 1. The van der Waals surface area contributed by atoms with Crippen LogP contribution in [0.5, 0.6) is 5.75 Å². The molecule has 0 aliphatic heterocycles. The predicted molar refractivity (Wildman–Crippen MR) is 88.7 cm³/mol. The van der Waals surface area contributed by atoms with E-state index in [1.54, 1.807) is 13.2 Å². The summed E-state index contributed by atoms with van der Waals surface area (Å²) in [6, 6.07) is 11.5. The third kappa shape index (κ3) is 3.05. The second kappa shape index (κ2) is 6.55. The molecule has 3 rings (SSSR count). The van der Waals surface area contributed by atoms with E-state index in [9.17, 15) is 5.26 Å². The summed E-state index contributed by atoms with van der Waals surface area (Å²) >= 11 is 5.83. The summed E-state index contributed by atoms with van der Waals surface area (Å²) < 4.78 is 7.31. The first-order chi connectivity index (χ1) is 11.2. The molecule has 0 amide bonds. The Bertz CT molecular complexity index is 884. The Labute approximate surface area is 138 Å². The normalized spacial score (nSPS) is 10.5. The Hall–Kier alpha value is -2.78. The van der Waals surface area contributed by atoms with Gasteiger partial charge in [-0.3, -0.25) is 0 Å². The van der Waals surface area contributed by atoms with Gasteiger partial charge in [0.05, 0.1) is 12.6 Å². The minimum absolute atomic E-state index is 0.386.